The van der Waals surface area contributed by atoms with Crippen molar-refractivity contribution in [3.63, 3.8) is 0 Å². The van der Waals surface area contributed by atoms with Crippen molar-refractivity contribution >= 4 is 0 Å². The van der Waals surface area contributed by atoms with E-state index in [-0.39, 0.29) is 0 Å². The highest BCUT2D eigenvalue weighted by atomic mass is 14.6. The van der Waals surface area contributed by atoms with Gasteiger partial charge in [-0.15, -0.1) is 0 Å². The fourth-order valence-corrected chi connectivity index (χ4v) is 4.09. The number of fused-ring (bicyclic) bond motifs is 3. The van der Waals surface area contributed by atoms with Gasteiger partial charge in [-0.2, -0.15) is 10.5 Å². The highest BCUT2D eigenvalue weighted by Crippen LogP contribution is 2.47. The van der Waals surface area contributed by atoms with Crippen LogP contribution in [0.5, 0.6) is 0 Å². The van der Waals surface area contributed by atoms with E-state index in [0.717, 1.165) is 18.4 Å². The molecule has 0 radical (unpaired) electrons. The Morgan fingerprint density at radius 1 is 1.05 bits per heavy atom. The molecule has 2 unspecified atom stereocenters. The maximum absolute atomic E-state index is 9.88. The monoisotopic (exact) mass is 265 g/mol. The van der Waals surface area contributed by atoms with E-state index in [0.29, 0.717) is 17.4 Å². The van der Waals surface area contributed by atoms with Crippen molar-refractivity contribution in [2.24, 2.45) is 11.8 Å². The van der Waals surface area contributed by atoms with Crippen molar-refractivity contribution in [1.29, 1.82) is 10.5 Å². The molecule has 2 saturated carbocycles. The van der Waals surface area contributed by atoms with Gasteiger partial charge in [0, 0.05) is 12.4 Å². The maximum atomic E-state index is 9.88. The second kappa shape index (κ2) is 5.25. The van der Waals surface area contributed by atoms with Crippen LogP contribution >= 0.6 is 0 Å². The van der Waals surface area contributed by atoms with Crippen LogP contribution in [-0.4, -0.2) is 4.98 Å². The van der Waals surface area contributed by atoms with Crippen LogP contribution in [0.15, 0.2) is 18.5 Å². The highest BCUT2D eigenvalue weighted by molar-refractivity contribution is 5.37. The fourth-order valence-electron chi connectivity index (χ4n) is 4.09. The zero-order valence-electron chi connectivity index (χ0n) is 11.7. The molecule has 0 aromatic carbocycles. The van der Waals surface area contributed by atoms with E-state index in [1.54, 1.807) is 12.4 Å². The smallest absolute Gasteiger partial charge is 0.101 e. The molecule has 1 aromatic heterocycles. The number of nitrogens with zero attached hydrogens (tertiary/aromatic N) is 3. The standard InChI is InChI=1S/C17H19N3/c18-9-15-6-16(11-20-10-15)17(12-19)7-13-2-1-3-14(8-17)5-4-13/h6,10-11,13-14H,1-5,7-8H2. The molecule has 2 bridgehead atoms. The maximum Gasteiger partial charge on any atom is 0.101 e. The molecule has 2 aliphatic rings. The molecule has 0 amide bonds. The molecule has 3 heteroatoms. The molecule has 102 valence electrons. The molecule has 1 aromatic rings. The zero-order valence-corrected chi connectivity index (χ0v) is 11.7. The minimum atomic E-state index is -0.424. The van der Waals surface area contributed by atoms with Crippen molar-refractivity contribution in [2.75, 3.05) is 0 Å². The average molecular weight is 265 g/mol. The van der Waals surface area contributed by atoms with Gasteiger partial charge in [0.25, 0.3) is 0 Å². The molecule has 3 rings (SSSR count). The van der Waals surface area contributed by atoms with Gasteiger partial charge < -0.3 is 0 Å². The molecule has 3 nitrogen and oxygen atoms in total. The Balaban J connectivity index is 2.02. The first-order valence-electron chi connectivity index (χ1n) is 7.52. The number of rotatable bonds is 1. The zero-order chi connectivity index (χ0) is 14.0. The first-order chi connectivity index (χ1) is 9.75. The Morgan fingerprint density at radius 3 is 2.35 bits per heavy atom. The quantitative estimate of drug-likeness (QED) is 0.777. The van der Waals surface area contributed by atoms with Crippen LogP contribution in [0.3, 0.4) is 0 Å². The third-order valence-electron chi connectivity index (χ3n) is 5.12. The SMILES string of the molecule is N#Cc1cncc(C2(C#N)CC3CCCC(CC3)C2)c1. The summed E-state index contributed by atoms with van der Waals surface area (Å²) in [5.74, 6) is 1.32. The molecular formula is C17H19N3. The first kappa shape index (κ1) is 13.1. The van der Waals surface area contributed by atoms with E-state index in [1.165, 1.54) is 32.1 Å². The molecule has 0 saturated heterocycles. The van der Waals surface area contributed by atoms with E-state index >= 15 is 0 Å². The Labute approximate surface area is 120 Å². The van der Waals surface area contributed by atoms with Gasteiger partial charge in [-0.1, -0.05) is 32.1 Å². The van der Waals surface area contributed by atoms with Crippen molar-refractivity contribution in [3.8, 4) is 12.1 Å². The van der Waals surface area contributed by atoms with Gasteiger partial charge >= 0.3 is 0 Å². The molecular weight excluding hydrogens is 246 g/mol. The summed E-state index contributed by atoms with van der Waals surface area (Å²) < 4.78 is 0. The lowest BCUT2D eigenvalue weighted by molar-refractivity contribution is 0.303. The fraction of sp³-hybridized carbons (Fsp3) is 0.588. The summed E-state index contributed by atoms with van der Waals surface area (Å²) in [5.41, 5.74) is 1.09. The van der Waals surface area contributed by atoms with Crippen LogP contribution in [0.25, 0.3) is 0 Å². The Morgan fingerprint density at radius 2 is 1.75 bits per heavy atom. The third-order valence-corrected chi connectivity index (χ3v) is 5.12. The number of hydrogen-bond acceptors (Lipinski definition) is 3. The first-order valence-corrected chi connectivity index (χ1v) is 7.52. The minimum Gasteiger partial charge on any atom is -0.263 e. The summed E-state index contributed by atoms with van der Waals surface area (Å²) in [7, 11) is 0. The van der Waals surface area contributed by atoms with Crippen LogP contribution < -0.4 is 0 Å². The highest BCUT2D eigenvalue weighted by Gasteiger charge is 2.41. The van der Waals surface area contributed by atoms with Crippen LogP contribution in [-0.2, 0) is 5.41 Å². The lowest BCUT2D eigenvalue weighted by Gasteiger charge is -2.32. The Hall–Kier alpha value is -1.87. The number of nitriles is 2. The molecule has 0 spiro atoms. The van der Waals surface area contributed by atoms with Crippen LogP contribution in [0.2, 0.25) is 0 Å². The summed E-state index contributed by atoms with van der Waals surface area (Å²) in [6.07, 6.45) is 11.6. The predicted molar refractivity (Wildman–Crippen MR) is 75.5 cm³/mol. The van der Waals surface area contributed by atoms with Crippen molar-refractivity contribution in [2.45, 2.75) is 50.4 Å². The van der Waals surface area contributed by atoms with Crippen molar-refractivity contribution < 1.29 is 0 Å². The van der Waals surface area contributed by atoms with Gasteiger partial charge in [-0.25, -0.2) is 0 Å². The van der Waals surface area contributed by atoms with Gasteiger partial charge in [0.2, 0.25) is 0 Å². The lowest BCUT2D eigenvalue weighted by Crippen LogP contribution is -2.29. The largest absolute Gasteiger partial charge is 0.263 e. The number of aromatic nitrogens is 1. The normalized spacial score (nSPS) is 32.7. The van der Waals surface area contributed by atoms with E-state index in [4.69, 9.17) is 5.26 Å². The summed E-state index contributed by atoms with van der Waals surface area (Å²) in [6.45, 7) is 0. The summed E-state index contributed by atoms with van der Waals surface area (Å²) in [6, 6.07) is 6.62. The van der Waals surface area contributed by atoms with Crippen LogP contribution in [0.4, 0.5) is 0 Å². The summed E-state index contributed by atoms with van der Waals surface area (Å²) in [5, 5.41) is 18.9. The predicted octanol–water partition coefficient (Wildman–Crippen LogP) is 3.70. The minimum absolute atomic E-state index is 0.424. The van der Waals surface area contributed by atoms with E-state index < -0.39 is 5.41 Å². The molecule has 1 heterocycles. The molecule has 2 fully saturated rings. The second-order valence-corrected chi connectivity index (χ2v) is 6.42. The molecule has 20 heavy (non-hydrogen) atoms. The lowest BCUT2D eigenvalue weighted by atomic mass is 9.69. The van der Waals surface area contributed by atoms with E-state index in [2.05, 4.69) is 17.1 Å². The van der Waals surface area contributed by atoms with Gasteiger partial charge in [-0.3, -0.25) is 4.98 Å². The van der Waals surface area contributed by atoms with E-state index in [9.17, 15) is 5.26 Å². The Bertz CT molecular complexity index is 565. The number of hydrogen-bond donors (Lipinski definition) is 0. The van der Waals surface area contributed by atoms with Crippen LogP contribution in [0, 0.1) is 34.5 Å². The third kappa shape index (κ3) is 2.29. The number of pyridine rings is 1. The van der Waals surface area contributed by atoms with Gasteiger partial charge in [0.1, 0.15) is 6.07 Å². The average Bonchev–Trinajstić information content (AvgIpc) is 2.80. The second-order valence-electron chi connectivity index (χ2n) is 6.42. The molecule has 0 aliphatic heterocycles. The van der Waals surface area contributed by atoms with Gasteiger partial charge in [0.15, 0.2) is 0 Å². The van der Waals surface area contributed by atoms with E-state index in [1.807, 2.05) is 6.07 Å². The van der Waals surface area contributed by atoms with Crippen molar-refractivity contribution in [1.82, 2.24) is 4.98 Å². The van der Waals surface area contributed by atoms with Crippen LogP contribution in [0.1, 0.15) is 56.1 Å². The molecule has 2 aliphatic carbocycles. The molecule has 0 N–H and O–H groups in total. The topological polar surface area (TPSA) is 60.5 Å². The van der Waals surface area contributed by atoms with Crippen molar-refractivity contribution in [3.05, 3.63) is 29.6 Å². The molecule has 2 atom stereocenters. The summed E-state index contributed by atoms with van der Waals surface area (Å²) >= 11 is 0. The van der Waals surface area contributed by atoms with Gasteiger partial charge in [-0.05, 0) is 36.3 Å². The Kier molecular flexibility index (Phi) is 3.45. The van der Waals surface area contributed by atoms with Gasteiger partial charge in [0.05, 0.1) is 17.0 Å². The summed E-state index contributed by atoms with van der Waals surface area (Å²) in [4.78, 5) is 4.17.